The third-order valence-corrected chi connectivity index (χ3v) is 3.34. The Kier molecular flexibility index (Phi) is 2.60. The second kappa shape index (κ2) is 3.89. The van der Waals surface area contributed by atoms with Gasteiger partial charge in [-0.15, -0.1) is 22.7 Å². The van der Waals surface area contributed by atoms with E-state index in [1.165, 1.54) is 22.7 Å². The summed E-state index contributed by atoms with van der Waals surface area (Å²) in [5.74, 6) is -0.0851. The van der Waals surface area contributed by atoms with Crippen molar-refractivity contribution in [1.29, 1.82) is 0 Å². The van der Waals surface area contributed by atoms with Crippen LogP contribution in [0.2, 0.25) is 0 Å². The standard InChI is InChI=1S/C9H8N2OS2/c1-6-4-7(14-5-6)8(12)11-9-10-2-3-13-9/h2-5H,1H3,(H,10,11,12). The van der Waals surface area contributed by atoms with E-state index in [1.807, 2.05) is 23.8 Å². The molecule has 3 nitrogen and oxygen atoms in total. The molecule has 5 heteroatoms. The molecule has 0 atom stereocenters. The third kappa shape index (κ3) is 2.00. The normalized spacial score (nSPS) is 10.1. The van der Waals surface area contributed by atoms with E-state index >= 15 is 0 Å². The van der Waals surface area contributed by atoms with Gasteiger partial charge < -0.3 is 0 Å². The predicted octanol–water partition coefficient (Wildman–Crippen LogP) is 2.77. The first-order chi connectivity index (χ1) is 6.75. The lowest BCUT2D eigenvalue weighted by Crippen LogP contribution is -2.09. The molecule has 0 aromatic carbocycles. The van der Waals surface area contributed by atoms with Gasteiger partial charge in [-0.25, -0.2) is 4.98 Å². The number of hydrogen-bond donors (Lipinski definition) is 1. The van der Waals surface area contributed by atoms with E-state index < -0.39 is 0 Å². The summed E-state index contributed by atoms with van der Waals surface area (Å²) in [6, 6.07) is 1.87. The number of thiazole rings is 1. The van der Waals surface area contributed by atoms with Crippen LogP contribution in [0.25, 0.3) is 0 Å². The van der Waals surface area contributed by atoms with Crippen molar-refractivity contribution < 1.29 is 4.79 Å². The maximum Gasteiger partial charge on any atom is 0.267 e. The molecule has 0 saturated heterocycles. The fraction of sp³-hybridized carbons (Fsp3) is 0.111. The van der Waals surface area contributed by atoms with Crippen molar-refractivity contribution in [1.82, 2.24) is 4.98 Å². The topological polar surface area (TPSA) is 42.0 Å². The first-order valence-electron chi connectivity index (χ1n) is 4.01. The molecule has 0 spiro atoms. The summed E-state index contributed by atoms with van der Waals surface area (Å²) in [7, 11) is 0. The van der Waals surface area contributed by atoms with Gasteiger partial charge in [-0.3, -0.25) is 10.1 Å². The molecule has 2 aromatic rings. The molecule has 0 fully saturated rings. The van der Waals surface area contributed by atoms with Crippen molar-refractivity contribution in [3.05, 3.63) is 33.5 Å². The number of carbonyl (C=O) groups is 1. The number of thiophene rings is 1. The van der Waals surface area contributed by atoms with Crippen molar-refractivity contribution in [3.8, 4) is 0 Å². The van der Waals surface area contributed by atoms with Crippen LogP contribution in [0.15, 0.2) is 23.0 Å². The molecule has 2 aromatic heterocycles. The summed E-state index contributed by atoms with van der Waals surface area (Å²) < 4.78 is 0. The van der Waals surface area contributed by atoms with Crippen LogP contribution >= 0.6 is 22.7 Å². The molecular formula is C9H8N2OS2. The van der Waals surface area contributed by atoms with Gasteiger partial charge in [0.1, 0.15) is 0 Å². The summed E-state index contributed by atoms with van der Waals surface area (Å²) in [4.78, 5) is 16.3. The monoisotopic (exact) mass is 224 g/mol. The first-order valence-corrected chi connectivity index (χ1v) is 5.77. The van der Waals surface area contributed by atoms with Crippen LogP contribution in [-0.2, 0) is 0 Å². The fourth-order valence-electron chi connectivity index (χ4n) is 0.994. The molecule has 0 aliphatic rings. The van der Waals surface area contributed by atoms with E-state index in [2.05, 4.69) is 10.3 Å². The van der Waals surface area contributed by atoms with Crippen LogP contribution in [0.4, 0.5) is 5.13 Å². The van der Waals surface area contributed by atoms with Crippen LogP contribution in [0.3, 0.4) is 0 Å². The largest absolute Gasteiger partial charge is 0.297 e. The summed E-state index contributed by atoms with van der Waals surface area (Å²) in [6.07, 6.45) is 1.67. The van der Waals surface area contributed by atoms with Crippen LogP contribution < -0.4 is 5.32 Å². The molecule has 0 radical (unpaired) electrons. The van der Waals surface area contributed by atoms with Gasteiger partial charge in [-0.2, -0.15) is 0 Å². The maximum atomic E-state index is 11.6. The number of aromatic nitrogens is 1. The smallest absolute Gasteiger partial charge is 0.267 e. The number of hydrogen-bond acceptors (Lipinski definition) is 4. The lowest BCUT2D eigenvalue weighted by molar-refractivity contribution is 0.103. The summed E-state index contributed by atoms with van der Waals surface area (Å²) in [6.45, 7) is 1.97. The molecule has 1 N–H and O–H groups in total. The Morgan fingerprint density at radius 2 is 2.36 bits per heavy atom. The molecule has 0 bridgehead atoms. The quantitative estimate of drug-likeness (QED) is 0.852. The Balaban J connectivity index is 2.10. The van der Waals surface area contributed by atoms with Gasteiger partial charge in [0, 0.05) is 11.6 Å². The molecule has 2 heterocycles. The predicted molar refractivity (Wildman–Crippen MR) is 59.1 cm³/mol. The highest BCUT2D eigenvalue weighted by molar-refractivity contribution is 7.14. The lowest BCUT2D eigenvalue weighted by atomic mass is 10.3. The molecular weight excluding hydrogens is 216 g/mol. The van der Waals surface area contributed by atoms with Crippen molar-refractivity contribution in [2.75, 3.05) is 5.32 Å². The number of aryl methyl sites for hydroxylation is 1. The van der Waals surface area contributed by atoms with Gasteiger partial charge in [-0.05, 0) is 23.9 Å². The van der Waals surface area contributed by atoms with Crippen LogP contribution in [-0.4, -0.2) is 10.9 Å². The van der Waals surface area contributed by atoms with Crippen molar-refractivity contribution in [2.45, 2.75) is 6.92 Å². The van der Waals surface area contributed by atoms with E-state index in [9.17, 15) is 4.79 Å². The van der Waals surface area contributed by atoms with Gasteiger partial charge >= 0.3 is 0 Å². The Bertz CT molecular complexity index is 433. The zero-order valence-electron chi connectivity index (χ0n) is 7.48. The highest BCUT2D eigenvalue weighted by Crippen LogP contribution is 2.17. The van der Waals surface area contributed by atoms with Crippen LogP contribution in [0.5, 0.6) is 0 Å². The third-order valence-electron chi connectivity index (χ3n) is 1.61. The molecule has 72 valence electrons. The van der Waals surface area contributed by atoms with Crippen LogP contribution in [0, 0.1) is 6.92 Å². The zero-order valence-corrected chi connectivity index (χ0v) is 9.11. The molecule has 0 aliphatic carbocycles. The Hall–Kier alpha value is -1.20. The van der Waals surface area contributed by atoms with E-state index in [1.54, 1.807) is 6.20 Å². The summed E-state index contributed by atoms with van der Waals surface area (Å²) in [5, 5.41) is 7.15. The highest BCUT2D eigenvalue weighted by Gasteiger charge is 2.08. The van der Waals surface area contributed by atoms with E-state index in [-0.39, 0.29) is 5.91 Å². The molecule has 2 rings (SSSR count). The van der Waals surface area contributed by atoms with Crippen LogP contribution in [0.1, 0.15) is 15.2 Å². The Labute approximate surface area is 89.4 Å². The highest BCUT2D eigenvalue weighted by atomic mass is 32.1. The molecule has 14 heavy (non-hydrogen) atoms. The van der Waals surface area contributed by atoms with Gasteiger partial charge in [0.25, 0.3) is 5.91 Å². The minimum atomic E-state index is -0.0851. The second-order valence-corrected chi connectivity index (χ2v) is 4.59. The maximum absolute atomic E-state index is 11.6. The Morgan fingerprint density at radius 1 is 1.50 bits per heavy atom. The summed E-state index contributed by atoms with van der Waals surface area (Å²) in [5.41, 5.74) is 1.11. The first kappa shape index (κ1) is 9.36. The number of amides is 1. The van der Waals surface area contributed by atoms with Crippen molar-refractivity contribution in [3.63, 3.8) is 0 Å². The minimum absolute atomic E-state index is 0.0851. The number of rotatable bonds is 2. The SMILES string of the molecule is Cc1csc(C(=O)Nc2nccs2)c1. The van der Waals surface area contributed by atoms with Gasteiger partial charge in [-0.1, -0.05) is 0 Å². The average molecular weight is 224 g/mol. The minimum Gasteiger partial charge on any atom is -0.297 e. The molecule has 0 unspecified atom stereocenters. The average Bonchev–Trinajstić information content (AvgIpc) is 2.75. The summed E-state index contributed by atoms with van der Waals surface area (Å²) >= 11 is 2.86. The van der Waals surface area contributed by atoms with Gasteiger partial charge in [0.05, 0.1) is 4.88 Å². The fourth-order valence-corrected chi connectivity index (χ4v) is 2.31. The van der Waals surface area contributed by atoms with Gasteiger partial charge in [0.15, 0.2) is 5.13 Å². The molecule has 1 amide bonds. The van der Waals surface area contributed by atoms with E-state index in [4.69, 9.17) is 0 Å². The number of nitrogens with one attached hydrogen (secondary N) is 1. The Morgan fingerprint density at radius 3 is 2.93 bits per heavy atom. The number of nitrogens with zero attached hydrogens (tertiary/aromatic N) is 1. The zero-order chi connectivity index (χ0) is 9.97. The lowest BCUT2D eigenvalue weighted by Gasteiger charge is -1.96. The number of carbonyl (C=O) groups excluding carboxylic acids is 1. The van der Waals surface area contributed by atoms with Crippen molar-refractivity contribution in [2.24, 2.45) is 0 Å². The molecule has 0 saturated carbocycles. The number of anilines is 1. The van der Waals surface area contributed by atoms with E-state index in [0.717, 1.165) is 10.4 Å². The van der Waals surface area contributed by atoms with E-state index in [0.29, 0.717) is 5.13 Å². The van der Waals surface area contributed by atoms with Gasteiger partial charge in [0.2, 0.25) is 0 Å². The molecule has 0 aliphatic heterocycles. The van der Waals surface area contributed by atoms with Crippen molar-refractivity contribution >= 4 is 33.7 Å². The second-order valence-electron chi connectivity index (χ2n) is 2.78.